The number of nitrogens with zero attached hydrogens (tertiary/aromatic N) is 2. The fourth-order valence-corrected chi connectivity index (χ4v) is 1.40. The Bertz CT molecular complexity index is 459. The van der Waals surface area contributed by atoms with E-state index in [-0.39, 0.29) is 12.4 Å². The van der Waals surface area contributed by atoms with E-state index in [2.05, 4.69) is 15.3 Å². The molecule has 0 saturated carbocycles. The van der Waals surface area contributed by atoms with Crippen LogP contribution in [0.4, 0.5) is 4.79 Å². The average Bonchev–Trinajstić information content (AvgIpc) is 2.33. The molecule has 0 aromatic carbocycles. The van der Waals surface area contributed by atoms with Crippen molar-refractivity contribution in [2.75, 3.05) is 6.54 Å². The van der Waals surface area contributed by atoms with Gasteiger partial charge in [0.15, 0.2) is 5.82 Å². The van der Waals surface area contributed by atoms with Gasteiger partial charge in [-0.1, -0.05) is 0 Å². The third kappa shape index (κ3) is 5.50. The number of aryl methyl sites for hydroxylation is 1. The molecule has 1 amide bonds. The Hall–Kier alpha value is -1.73. The molecule has 1 heterocycles. The fraction of sp³-hybridized carbons (Fsp3) is 0.615. The normalized spacial score (nSPS) is 14.5. The maximum Gasteiger partial charge on any atom is 0.407 e. The van der Waals surface area contributed by atoms with Crippen molar-refractivity contribution in [2.45, 2.75) is 45.5 Å². The second-order valence-electron chi connectivity index (χ2n) is 5.45. The van der Waals surface area contributed by atoms with Crippen LogP contribution in [0, 0.1) is 6.92 Å². The summed E-state index contributed by atoms with van der Waals surface area (Å²) in [6, 6.07) is 1.68. The SMILES string of the molecule is Cc1ccnc(C(O)C(O)CNC(=O)OC(C)(C)C)n1. The minimum absolute atomic E-state index is 0.114. The third-order valence-electron chi connectivity index (χ3n) is 2.30. The highest BCUT2D eigenvalue weighted by Gasteiger charge is 2.23. The zero-order valence-corrected chi connectivity index (χ0v) is 12.1. The highest BCUT2D eigenvalue weighted by molar-refractivity contribution is 5.67. The van der Waals surface area contributed by atoms with E-state index in [1.165, 1.54) is 6.20 Å². The number of nitrogens with one attached hydrogen (secondary N) is 1. The van der Waals surface area contributed by atoms with Crippen molar-refractivity contribution in [3.63, 3.8) is 0 Å². The van der Waals surface area contributed by atoms with Gasteiger partial charge in [-0.15, -0.1) is 0 Å². The maximum atomic E-state index is 11.4. The van der Waals surface area contributed by atoms with Crippen LogP contribution in [0.5, 0.6) is 0 Å². The Labute approximate surface area is 118 Å². The highest BCUT2D eigenvalue weighted by atomic mass is 16.6. The lowest BCUT2D eigenvalue weighted by molar-refractivity contribution is 0.00848. The van der Waals surface area contributed by atoms with E-state index in [0.717, 1.165) is 0 Å². The molecule has 7 heteroatoms. The van der Waals surface area contributed by atoms with Crippen molar-refractivity contribution < 1.29 is 19.7 Å². The number of amides is 1. The largest absolute Gasteiger partial charge is 0.444 e. The average molecular weight is 283 g/mol. The van der Waals surface area contributed by atoms with Gasteiger partial charge in [-0.3, -0.25) is 0 Å². The minimum Gasteiger partial charge on any atom is -0.444 e. The first kappa shape index (κ1) is 16.3. The molecular formula is C13H21N3O4. The third-order valence-corrected chi connectivity index (χ3v) is 2.30. The molecule has 112 valence electrons. The van der Waals surface area contributed by atoms with Gasteiger partial charge in [-0.05, 0) is 33.8 Å². The smallest absolute Gasteiger partial charge is 0.407 e. The number of ether oxygens (including phenoxy) is 1. The molecule has 2 atom stereocenters. The van der Waals surface area contributed by atoms with Crippen LogP contribution < -0.4 is 5.32 Å². The lowest BCUT2D eigenvalue weighted by Crippen LogP contribution is -2.39. The Morgan fingerprint density at radius 2 is 2.10 bits per heavy atom. The van der Waals surface area contributed by atoms with E-state index < -0.39 is 23.9 Å². The van der Waals surface area contributed by atoms with Crippen LogP contribution in [-0.2, 0) is 4.74 Å². The Kier molecular flexibility index (Phi) is 5.41. The molecule has 0 bridgehead atoms. The summed E-state index contributed by atoms with van der Waals surface area (Å²) in [4.78, 5) is 19.3. The second kappa shape index (κ2) is 6.62. The summed E-state index contributed by atoms with van der Waals surface area (Å²) >= 11 is 0. The van der Waals surface area contributed by atoms with Gasteiger partial charge in [-0.2, -0.15) is 0 Å². The Morgan fingerprint density at radius 3 is 2.65 bits per heavy atom. The van der Waals surface area contributed by atoms with Crippen molar-refractivity contribution in [1.29, 1.82) is 0 Å². The predicted molar refractivity (Wildman–Crippen MR) is 72.0 cm³/mol. The van der Waals surface area contributed by atoms with Gasteiger partial charge in [0.25, 0.3) is 0 Å². The molecule has 0 spiro atoms. The van der Waals surface area contributed by atoms with Crippen LogP contribution in [0.15, 0.2) is 12.3 Å². The number of aromatic nitrogens is 2. The standard InChI is InChI=1S/C13H21N3O4/c1-8-5-6-14-11(16-8)10(18)9(17)7-15-12(19)20-13(2,3)4/h5-6,9-10,17-18H,7H2,1-4H3,(H,15,19). The molecular weight excluding hydrogens is 262 g/mol. The van der Waals surface area contributed by atoms with Crippen molar-refractivity contribution in [3.8, 4) is 0 Å². The van der Waals surface area contributed by atoms with Crippen LogP contribution in [0.3, 0.4) is 0 Å². The number of aliphatic hydroxyl groups excluding tert-OH is 2. The molecule has 0 aliphatic heterocycles. The number of hydrogen-bond donors (Lipinski definition) is 3. The number of carbonyl (C=O) groups excluding carboxylic acids is 1. The summed E-state index contributed by atoms with van der Waals surface area (Å²) in [6.07, 6.45) is -1.65. The van der Waals surface area contributed by atoms with E-state index in [0.29, 0.717) is 5.69 Å². The fourth-order valence-electron chi connectivity index (χ4n) is 1.40. The van der Waals surface area contributed by atoms with Crippen molar-refractivity contribution in [3.05, 3.63) is 23.8 Å². The van der Waals surface area contributed by atoms with E-state index in [9.17, 15) is 15.0 Å². The molecule has 1 aromatic heterocycles. The van der Waals surface area contributed by atoms with Crippen molar-refractivity contribution >= 4 is 6.09 Å². The van der Waals surface area contributed by atoms with E-state index in [1.54, 1.807) is 33.8 Å². The van der Waals surface area contributed by atoms with Crippen molar-refractivity contribution in [2.24, 2.45) is 0 Å². The van der Waals surface area contributed by atoms with E-state index >= 15 is 0 Å². The minimum atomic E-state index is -1.27. The van der Waals surface area contributed by atoms with Crippen molar-refractivity contribution in [1.82, 2.24) is 15.3 Å². The Morgan fingerprint density at radius 1 is 1.45 bits per heavy atom. The molecule has 20 heavy (non-hydrogen) atoms. The number of rotatable bonds is 4. The summed E-state index contributed by atoms with van der Waals surface area (Å²) in [5.74, 6) is 0.114. The van der Waals surface area contributed by atoms with Crippen LogP contribution in [0.25, 0.3) is 0 Å². The molecule has 7 nitrogen and oxygen atoms in total. The van der Waals surface area contributed by atoms with Crippen LogP contribution in [0.1, 0.15) is 38.4 Å². The first-order valence-corrected chi connectivity index (χ1v) is 6.31. The van der Waals surface area contributed by atoms with Gasteiger partial charge in [0.05, 0.1) is 0 Å². The predicted octanol–water partition coefficient (Wildman–Crippen LogP) is 0.704. The highest BCUT2D eigenvalue weighted by Crippen LogP contribution is 2.12. The Balaban J connectivity index is 2.50. The summed E-state index contributed by atoms with van der Waals surface area (Å²) < 4.78 is 5.02. The quantitative estimate of drug-likeness (QED) is 0.751. The monoisotopic (exact) mass is 283 g/mol. The molecule has 0 aliphatic rings. The first-order chi connectivity index (χ1) is 9.19. The molecule has 3 N–H and O–H groups in total. The number of aliphatic hydroxyl groups is 2. The first-order valence-electron chi connectivity index (χ1n) is 6.31. The lowest BCUT2D eigenvalue weighted by atomic mass is 10.2. The van der Waals surface area contributed by atoms with Crippen LogP contribution in [-0.4, -0.2) is 44.5 Å². The summed E-state index contributed by atoms with van der Waals surface area (Å²) in [7, 11) is 0. The van der Waals surface area contributed by atoms with Gasteiger partial charge < -0.3 is 20.3 Å². The van der Waals surface area contributed by atoms with Gasteiger partial charge in [0.2, 0.25) is 0 Å². The lowest BCUT2D eigenvalue weighted by Gasteiger charge is -2.21. The van der Waals surface area contributed by atoms with Gasteiger partial charge in [0.1, 0.15) is 17.8 Å². The van der Waals surface area contributed by atoms with Gasteiger partial charge in [-0.25, -0.2) is 14.8 Å². The number of carbonyl (C=O) groups is 1. The van der Waals surface area contributed by atoms with E-state index in [4.69, 9.17) is 4.74 Å². The van der Waals surface area contributed by atoms with E-state index in [1.807, 2.05) is 0 Å². The maximum absolute atomic E-state index is 11.4. The number of hydrogen-bond acceptors (Lipinski definition) is 6. The molecule has 0 saturated heterocycles. The molecule has 1 rings (SSSR count). The number of alkyl carbamates (subject to hydrolysis) is 1. The van der Waals surface area contributed by atoms with Gasteiger partial charge in [0, 0.05) is 18.4 Å². The van der Waals surface area contributed by atoms with Crippen LogP contribution in [0.2, 0.25) is 0 Å². The molecule has 0 aliphatic carbocycles. The molecule has 0 fully saturated rings. The topological polar surface area (TPSA) is 105 Å². The molecule has 0 radical (unpaired) electrons. The zero-order valence-electron chi connectivity index (χ0n) is 12.1. The van der Waals surface area contributed by atoms with Crippen LogP contribution >= 0.6 is 0 Å². The zero-order chi connectivity index (χ0) is 15.3. The second-order valence-corrected chi connectivity index (χ2v) is 5.45. The summed E-state index contributed by atoms with van der Waals surface area (Å²) in [6.45, 7) is 6.80. The summed E-state index contributed by atoms with van der Waals surface area (Å²) in [5, 5.41) is 22.1. The summed E-state index contributed by atoms with van der Waals surface area (Å²) in [5.41, 5.74) is 0.0641. The molecule has 2 unspecified atom stereocenters. The van der Waals surface area contributed by atoms with Gasteiger partial charge >= 0.3 is 6.09 Å². The molecule has 1 aromatic rings.